The van der Waals surface area contributed by atoms with E-state index in [0.717, 1.165) is 18.2 Å². The minimum Gasteiger partial charge on any atom is -0.453 e. The third-order valence-corrected chi connectivity index (χ3v) is 8.28. The Morgan fingerprint density at radius 3 is 2.53 bits per heavy atom. The van der Waals surface area contributed by atoms with Crippen molar-refractivity contribution in [2.24, 2.45) is 17.8 Å². The van der Waals surface area contributed by atoms with Crippen LogP contribution in [0.15, 0.2) is 29.2 Å². The number of hydrogen-bond acceptors (Lipinski definition) is 5. The fourth-order valence-corrected chi connectivity index (χ4v) is 6.35. The number of nitrogens with zero attached hydrogens (tertiary/aromatic N) is 1. The number of alkyl carbamates (subject to hydrolysis) is 1. The fourth-order valence-electron chi connectivity index (χ4n) is 4.77. The van der Waals surface area contributed by atoms with Crippen LogP contribution in [-0.2, 0) is 25.7 Å². The number of sulfonamides is 1. The standard InChI is InChI=1S/C22H30F3N3O5S/c1-13(2)9-19(27-21(30)33-3)20(29)26-18-8-7-14-11-28(12-17(14)18)34(31,32)16-6-4-5-15(10-16)22(23,24)25/h4-6,10,13-14,17-19H,7-9,11-12H2,1-3H3,(H,26,29)(H,27,30)/t14-,17+,18+,19-/m0/s1. The Morgan fingerprint density at radius 1 is 1.21 bits per heavy atom. The van der Waals surface area contributed by atoms with Gasteiger partial charge >= 0.3 is 12.3 Å². The molecule has 1 heterocycles. The number of benzene rings is 1. The first-order valence-corrected chi connectivity index (χ1v) is 12.6. The van der Waals surface area contributed by atoms with E-state index in [1.165, 1.54) is 11.4 Å². The molecule has 1 saturated carbocycles. The van der Waals surface area contributed by atoms with Gasteiger partial charge in [-0.2, -0.15) is 17.5 Å². The molecule has 2 fully saturated rings. The lowest BCUT2D eigenvalue weighted by Crippen LogP contribution is -2.51. The van der Waals surface area contributed by atoms with Crippen molar-refractivity contribution in [2.45, 2.75) is 56.3 Å². The van der Waals surface area contributed by atoms with Crippen molar-refractivity contribution in [3.8, 4) is 0 Å². The maximum Gasteiger partial charge on any atom is 0.416 e. The molecule has 190 valence electrons. The van der Waals surface area contributed by atoms with Gasteiger partial charge in [-0.1, -0.05) is 19.9 Å². The van der Waals surface area contributed by atoms with Gasteiger partial charge in [0.1, 0.15) is 6.04 Å². The molecule has 2 amide bonds. The van der Waals surface area contributed by atoms with Crippen LogP contribution < -0.4 is 10.6 Å². The largest absolute Gasteiger partial charge is 0.453 e. The second-order valence-corrected chi connectivity index (χ2v) is 11.2. The van der Waals surface area contributed by atoms with Gasteiger partial charge in [-0.25, -0.2) is 13.2 Å². The Kier molecular flexibility index (Phi) is 7.81. The van der Waals surface area contributed by atoms with E-state index in [0.29, 0.717) is 25.3 Å². The number of carbonyl (C=O) groups is 2. The highest BCUT2D eigenvalue weighted by Crippen LogP contribution is 2.41. The van der Waals surface area contributed by atoms with Crippen LogP contribution in [0.3, 0.4) is 0 Å². The highest BCUT2D eigenvalue weighted by Gasteiger charge is 2.47. The highest BCUT2D eigenvalue weighted by molar-refractivity contribution is 7.89. The van der Waals surface area contributed by atoms with Gasteiger partial charge in [-0.05, 0) is 55.2 Å². The molecule has 0 spiro atoms. The summed E-state index contributed by atoms with van der Waals surface area (Å²) in [6.07, 6.45) is -3.62. The first-order chi connectivity index (χ1) is 15.8. The van der Waals surface area contributed by atoms with Crippen LogP contribution in [0.4, 0.5) is 18.0 Å². The normalized spacial score (nSPS) is 24.0. The molecule has 0 radical (unpaired) electrons. The van der Waals surface area contributed by atoms with E-state index in [1.807, 2.05) is 13.8 Å². The lowest BCUT2D eigenvalue weighted by atomic mass is 9.97. The molecule has 34 heavy (non-hydrogen) atoms. The molecule has 1 aromatic carbocycles. The summed E-state index contributed by atoms with van der Waals surface area (Å²) in [5, 5.41) is 5.48. The van der Waals surface area contributed by atoms with Gasteiger partial charge in [0.25, 0.3) is 0 Å². The molecule has 0 bridgehead atoms. The summed E-state index contributed by atoms with van der Waals surface area (Å²) in [7, 11) is -2.91. The number of nitrogens with one attached hydrogen (secondary N) is 2. The van der Waals surface area contributed by atoms with Crippen molar-refractivity contribution in [3.05, 3.63) is 29.8 Å². The van der Waals surface area contributed by atoms with Crippen molar-refractivity contribution >= 4 is 22.0 Å². The molecule has 12 heteroatoms. The lowest BCUT2D eigenvalue weighted by molar-refractivity contribution is -0.137. The topological polar surface area (TPSA) is 105 Å². The summed E-state index contributed by atoms with van der Waals surface area (Å²) in [6.45, 7) is 4.12. The Hall–Kier alpha value is -2.34. The van der Waals surface area contributed by atoms with Crippen molar-refractivity contribution in [1.29, 1.82) is 0 Å². The van der Waals surface area contributed by atoms with E-state index in [2.05, 4.69) is 15.4 Å². The first kappa shape index (κ1) is 26.3. The average molecular weight is 506 g/mol. The van der Waals surface area contributed by atoms with Crippen molar-refractivity contribution in [1.82, 2.24) is 14.9 Å². The molecule has 8 nitrogen and oxygen atoms in total. The highest BCUT2D eigenvalue weighted by atomic mass is 32.2. The number of methoxy groups -OCH3 is 1. The molecule has 1 saturated heterocycles. The molecule has 4 atom stereocenters. The minimum atomic E-state index is -4.65. The van der Waals surface area contributed by atoms with Crippen LogP contribution >= 0.6 is 0 Å². The zero-order chi connectivity index (χ0) is 25.3. The maximum absolute atomic E-state index is 13.1. The molecular weight excluding hydrogens is 475 g/mol. The van der Waals surface area contributed by atoms with Gasteiger partial charge in [0, 0.05) is 19.1 Å². The van der Waals surface area contributed by atoms with E-state index in [-0.39, 0.29) is 42.8 Å². The van der Waals surface area contributed by atoms with Gasteiger partial charge in [-0.15, -0.1) is 0 Å². The SMILES string of the molecule is COC(=O)N[C@@H](CC(C)C)C(=O)N[C@@H]1CC[C@H]2CN(S(=O)(=O)c3cccc(C(F)(F)F)c3)C[C@H]21. The number of rotatable bonds is 7. The summed E-state index contributed by atoms with van der Waals surface area (Å²) in [5.74, 6) is -0.418. The molecule has 2 N–H and O–H groups in total. The molecular formula is C22H30F3N3O5S. The zero-order valence-electron chi connectivity index (χ0n) is 19.3. The van der Waals surface area contributed by atoms with Crippen LogP contribution in [0.1, 0.15) is 38.7 Å². The summed E-state index contributed by atoms with van der Waals surface area (Å²) >= 11 is 0. The van der Waals surface area contributed by atoms with Crippen LogP contribution in [0.5, 0.6) is 0 Å². The molecule has 3 rings (SSSR count). The number of hydrogen-bond donors (Lipinski definition) is 2. The van der Waals surface area contributed by atoms with Gasteiger partial charge in [0.15, 0.2) is 0 Å². The zero-order valence-corrected chi connectivity index (χ0v) is 20.1. The Morgan fingerprint density at radius 2 is 1.91 bits per heavy atom. The number of carbonyl (C=O) groups excluding carboxylic acids is 2. The number of ether oxygens (including phenoxy) is 1. The number of alkyl halides is 3. The monoisotopic (exact) mass is 505 g/mol. The lowest BCUT2D eigenvalue weighted by Gasteiger charge is -2.25. The molecule has 1 aliphatic heterocycles. The first-order valence-electron chi connectivity index (χ1n) is 11.1. The predicted octanol–water partition coefficient (Wildman–Crippen LogP) is 2.99. The summed E-state index contributed by atoms with van der Waals surface area (Å²) in [6, 6.07) is 2.63. The number of amides is 2. The fraction of sp³-hybridized carbons (Fsp3) is 0.636. The quantitative estimate of drug-likeness (QED) is 0.593. The smallest absolute Gasteiger partial charge is 0.416 e. The van der Waals surface area contributed by atoms with Crippen molar-refractivity contribution < 1.29 is 35.9 Å². The van der Waals surface area contributed by atoms with Gasteiger partial charge in [0.2, 0.25) is 15.9 Å². The third-order valence-electron chi connectivity index (χ3n) is 6.45. The van der Waals surface area contributed by atoms with Gasteiger partial charge < -0.3 is 15.4 Å². The second-order valence-electron chi connectivity index (χ2n) is 9.28. The van der Waals surface area contributed by atoms with Crippen LogP contribution in [-0.4, -0.2) is 57.0 Å². The molecule has 1 aromatic rings. The summed E-state index contributed by atoms with van der Waals surface area (Å²) < 4.78 is 71.1. The van der Waals surface area contributed by atoms with Crippen molar-refractivity contribution in [2.75, 3.05) is 20.2 Å². The Balaban J connectivity index is 1.71. The summed E-state index contributed by atoms with van der Waals surface area (Å²) in [4.78, 5) is 24.1. The van der Waals surface area contributed by atoms with E-state index < -0.39 is 38.8 Å². The molecule has 0 aromatic heterocycles. The summed E-state index contributed by atoms with van der Waals surface area (Å²) in [5.41, 5.74) is -1.02. The number of halogens is 3. The second kappa shape index (κ2) is 10.1. The Bertz CT molecular complexity index is 1020. The van der Waals surface area contributed by atoms with Crippen molar-refractivity contribution in [3.63, 3.8) is 0 Å². The van der Waals surface area contributed by atoms with Crippen LogP contribution in [0.2, 0.25) is 0 Å². The maximum atomic E-state index is 13.1. The van der Waals surface area contributed by atoms with E-state index in [9.17, 15) is 31.2 Å². The van der Waals surface area contributed by atoms with E-state index >= 15 is 0 Å². The molecule has 1 aliphatic carbocycles. The van der Waals surface area contributed by atoms with Crippen LogP contribution in [0.25, 0.3) is 0 Å². The molecule has 0 unspecified atom stereocenters. The van der Waals surface area contributed by atoms with Crippen LogP contribution in [0, 0.1) is 17.8 Å². The number of fused-ring (bicyclic) bond motifs is 1. The van der Waals surface area contributed by atoms with E-state index in [1.54, 1.807) is 0 Å². The molecule has 2 aliphatic rings. The average Bonchev–Trinajstić information content (AvgIpc) is 3.34. The van der Waals surface area contributed by atoms with Gasteiger partial charge in [-0.3, -0.25) is 4.79 Å². The predicted molar refractivity (Wildman–Crippen MR) is 117 cm³/mol. The third kappa shape index (κ3) is 5.83. The minimum absolute atomic E-state index is 0.0111. The Labute approximate surface area is 197 Å². The van der Waals surface area contributed by atoms with E-state index in [4.69, 9.17) is 0 Å². The van der Waals surface area contributed by atoms with Gasteiger partial charge in [0.05, 0.1) is 17.6 Å².